The molecule has 0 bridgehead atoms. The first-order valence-electron chi connectivity index (χ1n) is 12.0. The summed E-state index contributed by atoms with van der Waals surface area (Å²) < 4.78 is 28.3. The number of aliphatic imine (C=N–C) groups is 1. The molecule has 0 spiro atoms. The number of likely N-dealkylation sites (tertiary alicyclic amines) is 1. The zero-order valence-electron chi connectivity index (χ0n) is 20.1. The molecule has 12 heteroatoms. The maximum atomic E-state index is 13.1. The van der Waals surface area contributed by atoms with E-state index in [-0.39, 0.29) is 29.3 Å². The van der Waals surface area contributed by atoms with Gasteiger partial charge in [0.25, 0.3) is 0 Å². The minimum atomic E-state index is -4.05. The molecule has 7 N–H and O–H groups in total. The summed E-state index contributed by atoms with van der Waals surface area (Å²) in [6, 6.07) is 10.4. The number of nitrogens with two attached hydrogens (primary N) is 2. The number of sulfonamides is 1. The maximum absolute atomic E-state index is 13.1. The Labute approximate surface area is 211 Å². The van der Waals surface area contributed by atoms with Crippen molar-refractivity contribution in [2.45, 2.75) is 49.1 Å². The summed E-state index contributed by atoms with van der Waals surface area (Å²) in [7, 11) is -4.05. The van der Waals surface area contributed by atoms with E-state index in [1.54, 1.807) is 12.1 Å². The van der Waals surface area contributed by atoms with E-state index in [4.69, 9.17) is 11.5 Å². The summed E-state index contributed by atoms with van der Waals surface area (Å²) >= 11 is 0. The standard InChI is InChI=1S/C24H34N6O5S/c25-24(26)27-12-4-3-9-22(32)28-15-19-8-5-13-30(19)23(33)21(16-31)29-36(34,35)20-11-10-17-6-1-2-7-18(17)14-20/h1-2,6-7,10-11,14,19,21,29,31H,3-5,8-9,12-13,15-16H2,(H,28,32)(H4,25,26,27)/t19-,21+/m0/s1. The van der Waals surface area contributed by atoms with E-state index in [1.165, 1.54) is 17.0 Å². The van der Waals surface area contributed by atoms with Crippen LogP contribution in [0.15, 0.2) is 52.4 Å². The number of nitrogens with zero attached hydrogens (tertiary/aromatic N) is 2. The third-order valence-corrected chi connectivity index (χ3v) is 7.58. The minimum absolute atomic E-state index is 0.0116. The fraction of sp³-hybridized carbons (Fsp3) is 0.458. The van der Waals surface area contributed by atoms with Gasteiger partial charge in [-0.3, -0.25) is 14.6 Å². The van der Waals surface area contributed by atoms with Crippen LogP contribution < -0.4 is 21.5 Å². The van der Waals surface area contributed by atoms with Crippen molar-refractivity contribution < 1.29 is 23.1 Å². The van der Waals surface area contributed by atoms with Crippen LogP contribution in [0.4, 0.5) is 0 Å². The van der Waals surface area contributed by atoms with Crippen molar-refractivity contribution in [3.8, 4) is 0 Å². The lowest BCUT2D eigenvalue weighted by molar-refractivity contribution is -0.135. The lowest BCUT2D eigenvalue weighted by Crippen LogP contribution is -2.53. The zero-order valence-corrected chi connectivity index (χ0v) is 20.9. The highest BCUT2D eigenvalue weighted by molar-refractivity contribution is 7.89. The number of benzene rings is 2. The number of amides is 2. The van der Waals surface area contributed by atoms with E-state index in [2.05, 4.69) is 15.0 Å². The summed E-state index contributed by atoms with van der Waals surface area (Å²) in [6.45, 7) is 0.454. The normalized spacial score (nSPS) is 16.6. The quantitative estimate of drug-likeness (QED) is 0.149. The number of fused-ring (bicyclic) bond motifs is 1. The van der Waals surface area contributed by atoms with Gasteiger partial charge in [0.05, 0.1) is 11.5 Å². The third-order valence-electron chi connectivity index (χ3n) is 6.11. The Morgan fingerprint density at radius 2 is 1.89 bits per heavy atom. The molecule has 0 aliphatic carbocycles. The molecular formula is C24H34N6O5S. The van der Waals surface area contributed by atoms with Crippen molar-refractivity contribution in [2.75, 3.05) is 26.2 Å². The second-order valence-corrected chi connectivity index (χ2v) is 10.5. The van der Waals surface area contributed by atoms with Crippen LogP contribution in [0.1, 0.15) is 32.1 Å². The number of aliphatic hydroxyl groups is 1. The van der Waals surface area contributed by atoms with E-state index >= 15 is 0 Å². The van der Waals surface area contributed by atoms with Gasteiger partial charge < -0.3 is 26.8 Å². The van der Waals surface area contributed by atoms with Gasteiger partial charge >= 0.3 is 0 Å². The third kappa shape index (κ3) is 7.39. The molecule has 0 radical (unpaired) electrons. The van der Waals surface area contributed by atoms with Crippen molar-refractivity contribution in [2.24, 2.45) is 16.5 Å². The molecule has 0 aromatic heterocycles. The predicted molar refractivity (Wildman–Crippen MR) is 137 cm³/mol. The van der Waals surface area contributed by atoms with Crippen molar-refractivity contribution >= 4 is 38.6 Å². The Morgan fingerprint density at radius 1 is 1.14 bits per heavy atom. The van der Waals surface area contributed by atoms with Gasteiger partial charge in [-0.25, -0.2) is 8.42 Å². The second-order valence-electron chi connectivity index (χ2n) is 8.76. The van der Waals surface area contributed by atoms with E-state index in [1.807, 2.05) is 18.2 Å². The number of unbranched alkanes of at least 4 members (excludes halogenated alkanes) is 1. The molecule has 2 amide bonds. The van der Waals surface area contributed by atoms with E-state index in [0.717, 1.165) is 17.2 Å². The summed E-state index contributed by atoms with van der Waals surface area (Å²) in [5.74, 6) is -0.642. The molecule has 1 heterocycles. The van der Waals surface area contributed by atoms with Gasteiger partial charge in [0.1, 0.15) is 6.04 Å². The first kappa shape index (κ1) is 27.4. The van der Waals surface area contributed by atoms with Gasteiger partial charge in [-0.05, 0) is 48.6 Å². The molecule has 3 rings (SSSR count). The number of rotatable bonds is 12. The largest absolute Gasteiger partial charge is 0.394 e. The smallest absolute Gasteiger partial charge is 0.243 e. The summed E-state index contributed by atoms with van der Waals surface area (Å²) in [5, 5.41) is 14.3. The molecule has 2 aromatic rings. The Balaban J connectivity index is 1.56. The van der Waals surface area contributed by atoms with E-state index in [9.17, 15) is 23.1 Å². The topological polar surface area (TPSA) is 180 Å². The molecule has 2 atom stereocenters. The lowest BCUT2D eigenvalue weighted by atomic mass is 10.1. The number of carbonyl (C=O) groups excluding carboxylic acids is 2. The van der Waals surface area contributed by atoms with Crippen molar-refractivity contribution in [1.82, 2.24) is 14.9 Å². The molecule has 0 unspecified atom stereocenters. The van der Waals surface area contributed by atoms with Gasteiger partial charge in [0.15, 0.2) is 5.96 Å². The SMILES string of the molecule is NC(N)=NCCCCC(=O)NC[C@@H]1CCCN1C(=O)[C@@H](CO)NS(=O)(=O)c1ccc2ccccc2c1. The van der Waals surface area contributed by atoms with Crippen LogP contribution in [0.3, 0.4) is 0 Å². The molecule has 196 valence electrons. The number of hydrogen-bond acceptors (Lipinski definition) is 6. The van der Waals surface area contributed by atoms with E-state index in [0.29, 0.717) is 38.8 Å². The lowest BCUT2D eigenvalue weighted by Gasteiger charge is -2.28. The minimum Gasteiger partial charge on any atom is -0.394 e. The monoisotopic (exact) mass is 518 g/mol. The molecule has 1 fully saturated rings. The molecule has 2 aromatic carbocycles. The number of guanidine groups is 1. The molecule has 36 heavy (non-hydrogen) atoms. The van der Waals surface area contributed by atoms with Crippen LogP contribution in [0.2, 0.25) is 0 Å². The maximum Gasteiger partial charge on any atom is 0.243 e. The van der Waals surface area contributed by atoms with Crippen LogP contribution in [0.25, 0.3) is 10.8 Å². The Bertz CT molecular complexity index is 1200. The molecule has 1 aliphatic heterocycles. The van der Waals surface area contributed by atoms with Crippen LogP contribution in [-0.2, 0) is 19.6 Å². The van der Waals surface area contributed by atoms with Crippen LogP contribution >= 0.6 is 0 Å². The Kier molecular flexibility index (Phi) is 9.62. The van der Waals surface area contributed by atoms with E-state index < -0.39 is 28.6 Å². The summed E-state index contributed by atoms with van der Waals surface area (Å²) in [5.41, 5.74) is 10.5. The van der Waals surface area contributed by atoms with Gasteiger partial charge in [-0.2, -0.15) is 4.72 Å². The molecule has 1 saturated heterocycles. The van der Waals surface area contributed by atoms with Gasteiger partial charge in [0, 0.05) is 32.1 Å². The first-order valence-corrected chi connectivity index (χ1v) is 13.4. The average Bonchev–Trinajstić information content (AvgIpc) is 3.33. The van der Waals surface area contributed by atoms with Crippen molar-refractivity contribution in [3.63, 3.8) is 0 Å². The number of nitrogens with one attached hydrogen (secondary N) is 2. The molecule has 0 saturated carbocycles. The van der Waals surface area contributed by atoms with Gasteiger partial charge in [-0.1, -0.05) is 30.3 Å². The molecular weight excluding hydrogens is 484 g/mol. The highest BCUT2D eigenvalue weighted by Crippen LogP contribution is 2.21. The van der Waals surface area contributed by atoms with Crippen molar-refractivity contribution in [1.29, 1.82) is 0 Å². The predicted octanol–water partition coefficient (Wildman–Crippen LogP) is 0.0299. The average molecular weight is 519 g/mol. The van der Waals surface area contributed by atoms with Crippen molar-refractivity contribution in [3.05, 3.63) is 42.5 Å². The van der Waals surface area contributed by atoms with Crippen LogP contribution in [0.5, 0.6) is 0 Å². The van der Waals surface area contributed by atoms with Gasteiger partial charge in [-0.15, -0.1) is 0 Å². The molecule has 11 nitrogen and oxygen atoms in total. The van der Waals surface area contributed by atoms with Gasteiger partial charge in [0.2, 0.25) is 21.8 Å². The van der Waals surface area contributed by atoms with Crippen LogP contribution in [-0.4, -0.2) is 74.5 Å². The second kappa shape index (κ2) is 12.7. The fourth-order valence-electron chi connectivity index (χ4n) is 4.22. The highest BCUT2D eigenvalue weighted by atomic mass is 32.2. The molecule has 1 aliphatic rings. The summed E-state index contributed by atoms with van der Waals surface area (Å²) in [4.78, 5) is 30.7. The van der Waals surface area contributed by atoms with Crippen LogP contribution in [0, 0.1) is 0 Å². The Hall–Kier alpha value is -3.22. The highest BCUT2D eigenvalue weighted by Gasteiger charge is 2.35. The Morgan fingerprint density at radius 3 is 2.61 bits per heavy atom. The number of aliphatic hydroxyl groups excluding tert-OH is 1. The first-order chi connectivity index (χ1) is 17.2. The summed E-state index contributed by atoms with van der Waals surface area (Å²) in [6.07, 6.45) is 3.01. The zero-order chi connectivity index (χ0) is 26.1. The number of carbonyl (C=O) groups is 2. The fourth-order valence-corrected chi connectivity index (χ4v) is 5.43. The number of hydrogen-bond donors (Lipinski definition) is 5.